The number of ether oxygens (including phenoxy) is 2. The molecular weight excluding hydrogens is 372 g/mol. The molecule has 9 heteroatoms. The highest BCUT2D eigenvalue weighted by atomic mass is 32.2. The summed E-state index contributed by atoms with van der Waals surface area (Å²) in [4.78, 5) is 49.1. The molecule has 2 heterocycles. The van der Waals surface area contributed by atoms with Crippen LogP contribution in [0.25, 0.3) is 0 Å². The number of fused-ring (bicyclic) bond motifs is 1. The van der Waals surface area contributed by atoms with Crippen LogP contribution in [0.15, 0.2) is 30.3 Å². The summed E-state index contributed by atoms with van der Waals surface area (Å²) < 4.78 is 9.55. The first-order valence-electron chi connectivity index (χ1n) is 8.50. The van der Waals surface area contributed by atoms with E-state index in [1.807, 2.05) is 35.6 Å². The van der Waals surface area contributed by atoms with E-state index in [9.17, 15) is 19.2 Å². The maximum Gasteiger partial charge on any atom is 0.413 e. The van der Waals surface area contributed by atoms with Gasteiger partial charge in [-0.3, -0.25) is 14.9 Å². The van der Waals surface area contributed by atoms with E-state index in [2.05, 4.69) is 4.74 Å². The molecule has 3 amide bonds. The summed E-state index contributed by atoms with van der Waals surface area (Å²) in [7, 11) is 1.12. The fourth-order valence-corrected chi connectivity index (χ4v) is 5.01. The van der Waals surface area contributed by atoms with E-state index < -0.39 is 35.0 Å². The summed E-state index contributed by atoms with van der Waals surface area (Å²) in [6.45, 7) is 1.36. The molecule has 1 N–H and O–H groups in total. The van der Waals surface area contributed by atoms with Crippen LogP contribution < -0.4 is 5.32 Å². The molecule has 8 nitrogen and oxygen atoms in total. The zero-order valence-corrected chi connectivity index (χ0v) is 15.8. The molecule has 27 heavy (non-hydrogen) atoms. The monoisotopic (exact) mass is 392 g/mol. The Morgan fingerprint density at radius 3 is 2.67 bits per heavy atom. The lowest BCUT2D eigenvalue weighted by molar-refractivity contribution is -0.161. The molecule has 1 aromatic carbocycles. The van der Waals surface area contributed by atoms with Gasteiger partial charge in [0, 0.05) is 12.2 Å². The first kappa shape index (κ1) is 19.2. The van der Waals surface area contributed by atoms with Crippen LogP contribution in [0.2, 0.25) is 0 Å². The van der Waals surface area contributed by atoms with Crippen LogP contribution in [-0.4, -0.2) is 53.8 Å². The maximum atomic E-state index is 12.7. The Kier molecular flexibility index (Phi) is 5.41. The number of nitrogens with one attached hydrogen (secondary N) is 1. The summed E-state index contributed by atoms with van der Waals surface area (Å²) in [6.07, 6.45) is -1.16. The Labute approximate surface area is 160 Å². The molecule has 0 spiro atoms. The van der Waals surface area contributed by atoms with Crippen molar-refractivity contribution in [3.05, 3.63) is 35.9 Å². The van der Waals surface area contributed by atoms with Gasteiger partial charge in [-0.25, -0.2) is 9.59 Å². The van der Waals surface area contributed by atoms with Gasteiger partial charge < -0.3 is 14.4 Å². The van der Waals surface area contributed by atoms with Gasteiger partial charge in [0.2, 0.25) is 5.91 Å². The molecule has 2 aliphatic rings. The van der Waals surface area contributed by atoms with Crippen LogP contribution in [0.5, 0.6) is 0 Å². The molecule has 2 fully saturated rings. The summed E-state index contributed by atoms with van der Waals surface area (Å²) in [6, 6.07) is 8.80. The number of hydrogen-bond donors (Lipinski definition) is 1. The average molecular weight is 392 g/mol. The van der Waals surface area contributed by atoms with Crippen molar-refractivity contribution in [3.63, 3.8) is 0 Å². The normalized spacial score (nSPS) is 24.9. The Bertz CT molecular complexity index is 770. The smallest absolute Gasteiger partial charge is 0.413 e. The molecule has 0 unspecified atom stereocenters. The topological polar surface area (TPSA) is 102 Å². The summed E-state index contributed by atoms with van der Waals surface area (Å²) in [5.74, 6) is -1.19. The standard InChI is InChI=1S/C18H20N2O6S/c1-11(15(22)19-17(24)25-2)26-16(23)13-10-27-18(9-8-14(21)20(13)18)12-6-4-3-5-7-12/h3-7,11,13H,8-10H2,1-2H3,(H,19,22,24)/t11-,13-,18-/m1/s1. The van der Waals surface area contributed by atoms with E-state index in [1.165, 1.54) is 18.7 Å². The third-order valence-electron chi connectivity index (χ3n) is 4.70. The van der Waals surface area contributed by atoms with Gasteiger partial charge in [0.05, 0.1) is 7.11 Å². The SMILES string of the molecule is COC(=O)NC(=O)[C@@H](C)OC(=O)[C@H]1CS[C@@]2(c3ccccc3)CCC(=O)N12. The van der Waals surface area contributed by atoms with E-state index in [0.717, 1.165) is 12.7 Å². The molecule has 144 valence electrons. The fourth-order valence-electron chi connectivity index (χ4n) is 3.38. The number of thioether (sulfide) groups is 1. The van der Waals surface area contributed by atoms with Crippen molar-refractivity contribution in [2.45, 2.75) is 36.8 Å². The highest BCUT2D eigenvalue weighted by Gasteiger charge is 2.57. The molecule has 3 atom stereocenters. The van der Waals surface area contributed by atoms with Gasteiger partial charge in [0.25, 0.3) is 5.91 Å². The molecule has 1 aromatic rings. The van der Waals surface area contributed by atoms with Gasteiger partial charge in [0.15, 0.2) is 6.10 Å². The van der Waals surface area contributed by atoms with Crippen LogP contribution in [-0.2, 0) is 28.7 Å². The second-order valence-corrected chi connectivity index (χ2v) is 7.60. The van der Waals surface area contributed by atoms with E-state index in [4.69, 9.17) is 4.74 Å². The Morgan fingerprint density at radius 1 is 1.30 bits per heavy atom. The van der Waals surface area contributed by atoms with Crippen LogP contribution in [0.3, 0.4) is 0 Å². The Balaban J connectivity index is 1.74. The van der Waals surface area contributed by atoms with Crippen LogP contribution in [0.4, 0.5) is 4.79 Å². The molecule has 0 aliphatic carbocycles. The first-order chi connectivity index (χ1) is 12.9. The Morgan fingerprint density at radius 2 is 2.00 bits per heavy atom. The lowest BCUT2D eigenvalue weighted by Crippen LogP contribution is -2.48. The zero-order valence-electron chi connectivity index (χ0n) is 15.0. The lowest BCUT2D eigenvalue weighted by atomic mass is 10.0. The molecule has 0 bridgehead atoms. The highest BCUT2D eigenvalue weighted by molar-refractivity contribution is 8.00. The molecular formula is C18H20N2O6S. The molecule has 2 aliphatic heterocycles. The molecule has 0 saturated carbocycles. The van der Waals surface area contributed by atoms with E-state index in [0.29, 0.717) is 18.6 Å². The highest BCUT2D eigenvalue weighted by Crippen LogP contribution is 2.54. The van der Waals surface area contributed by atoms with E-state index in [1.54, 1.807) is 4.90 Å². The minimum Gasteiger partial charge on any atom is -0.453 e. The van der Waals surface area contributed by atoms with Crippen molar-refractivity contribution in [3.8, 4) is 0 Å². The zero-order chi connectivity index (χ0) is 19.6. The first-order valence-corrected chi connectivity index (χ1v) is 9.48. The third kappa shape index (κ3) is 3.51. The Hall–Kier alpha value is -2.55. The number of esters is 1. The number of carbonyl (C=O) groups excluding carboxylic acids is 4. The van der Waals surface area contributed by atoms with Crippen LogP contribution in [0.1, 0.15) is 25.3 Å². The number of imide groups is 1. The van der Waals surface area contributed by atoms with Crippen LogP contribution in [0, 0.1) is 0 Å². The number of methoxy groups -OCH3 is 1. The number of hydrogen-bond acceptors (Lipinski definition) is 7. The number of nitrogens with zero attached hydrogens (tertiary/aromatic N) is 1. The number of benzene rings is 1. The number of amides is 3. The van der Waals surface area contributed by atoms with Gasteiger partial charge in [0.1, 0.15) is 10.9 Å². The van der Waals surface area contributed by atoms with Gasteiger partial charge in [-0.1, -0.05) is 30.3 Å². The minimum absolute atomic E-state index is 0.113. The van der Waals surface area contributed by atoms with Crippen molar-refractivity contribution >= 4 is 35.6 Å². The molecule has 3 rings (SSSR count). The maximum absolute atomic E-state index is 12.7. The van der Waals surface area contributed by atoms with Crippen molar-refractivity contribution < 1.29 is 28.7 Å². The van der Waals surface area contributed by atoms with Crippen molar-refractivity contribution in [1.82, 2.24) is 10.2 Å². The summed E-state index contributed by atoms with van der Waals surface area (Å²) in [5.41, 5.74) is 0.965. The molecule has 0 aromatic heterocycles. The number of alkyl carbamates (subject to hydrolysis) is 1. The summed E-state index contributed by atoms with van der Waals surface area (Å²) >= 11 is 1.53. The van der Waals surface area contributed by atoms with E-state index >= 15 is 0 Å². The lowest BCUT2D eigenvalue weighted by Gasteiger charge is -2.33. The third-order valence-corrected chi connectivity index (χ3v) is 6.29. The largest absolute Gasteiger partial charge is 0.453 e. The fraction of sp³-hybridized carbons (Fsp3) is 0.444. The summed E-state index contributed by atoms with van der Waals surface area (Å²) in [5, 5.41) is 1.95. The van der Waals surface area contributed by atoms with Gasteiger partial charge in [-0.15, -0.1) is 11.8 Å². The van der Waals surface area contributed by atoms with E-state index in [-0.39, 0.29) is 5.91 Å². The average Bonchev–Trinajstić information content (AvgIpc) is 3.21. The van der Waals surface area contributed by atoms with Gasteiger partial charge >= 0.3 is 12.1 Å². The molecule has 2 saturated heterocycles. The minimum atomic E-state index is -1.19. The predicted molar refractivity (Wildman–Crippen MR) is 96.5 cm³/mol. The number of rotatable bonds is 4. The molecule has 0 radical (unpaired) electrons. The van der Waals surface area contributed by atoms with Crippen molar-refractivity contribution in [1.29, 1.82) is 0 Å². The number of carbonyl (C=O) groups is 4. The van der Waals surface area contributed by atoms with Gasteiger partial charge in [-0.2, -0.15) is 0 Å². The van der Waals surface area contributed by atoms with Crippen molar-refractivity contribution in [2.75, 3.05) is 12.9 Å². The van der Waals surface area contributed by atoms with Crippen LogP contribution >= 0.6 is 11.8 Å². The second-order valence-electron chi connectivity index (χ2n) is 6.30. The second kappa shape index (κ2) is 7.59. The predicted octanol–water partition coefficient (Wildman–Crippen LogP) is 1.39. The van der Waals surface area contributed by atoms with Gasteiger partial charge in [-0.05, 0) is 18.9 Å². The quantitative estimate of drug-likeness (QED) is 0.773. The van der Waals surface area contributed by atoms with Crippen molar-refractivity contribution in [2.24, 2.45) is 0 Å².